The largest absolute Gasteiger partial charge is 0.373 e. The zero-order chi connectivity index (χ0) is 17.8. The Kier molecular flexibility index (Phi) is 5.11. The lowest BCUT2D eigenvalue weighted by atomic mass is 9.95. The molecule has 0 radical (unpaired) electrons. The van der Waals surface area contributed by atoms with Crippen LogP contribution in [0.25, 0.3) is 0 Å². The maximum atomic E-state index is 12.6. The Morgan fingerprint density at radius 3 is 3.08 bits per heavy atom. The summed E-state index contributed by atoms with van der Waals surface area (Å²) in [5, 5.41) is 11.3. The van der Waals surface area contributed by atoms with Gasteiger partial charge in [-0.2, -0.15) is 5.10 Å². The first-order chi connectivity index (χ1) is 12.8. The topological polar surface area (TPSA) is 67.3 Å². The van der Waals surface area contributed by atoms with Gasteiger partial charge in [0.05, 0.1) is 19.1 Å². The van der Waals surface area contributed by atoms with Crippen molar-refractivity contribution in [2.75, 3.05) is 24.6 Å². The predicted molar refractivity (Wildman–Crippen MR) is 98.9 cm³/mol. The molecule has 0 spiro atoms. The number of fused-ring (bicyclic) bond motifs is 1. The molecule has 3 heterocycles. The number of nitrogens with one attached hydrogen (secondary N) is 1. The number of hydrogen-bond acceptors (Lipinski definition) is 5. The van der Waals surface area contributed by atoms with E-state index < -0.39 is 0 Å². The van der Waals surface area contributed by atoms with Gasteiger partial charge in [0, 0.05) is 25.3 Å². The Morgan fingerprint density at radius 1 is 1.27 bits per heavy atom. The van der Waals surface area contributed by atoms with Gasteiger partial charge in [-0.05, 0) is 42.5 Å². The van der Waals surface area contributed by atoms with Crippen LogP contribution in [-0.2, 0) is 16.0 Å². The summed E-state index contributed by atoms with van der Waals surface area (Å²) in [6.45, 7) is 2.40. The molecule has 2 aliphatic heterocycles. The van der Waals surface area contributed by atoms with E-state index in [1.165, 1.54) is 5.56 Å². The van der Waals surface area contributed by atoms with Gasteiger partial charge in [0.15, 0.2) is 5.82 Å². The monoisotopic (exact) mass is 352 g/mol. The summed E-state index contributed by atoms with van der Waals surface area (Å²) in [6, 6.07) is 12.2. The standard InChI is InChI=1S/C20H24N4O2/c25-20(13-18-17-7-2-1-5-15(17)9-12-26-18)22-16-6-4-11-24(14-16)19-8-3-10-21-23-19/h1-3,5,7-8,10,16,18H,4,6,9,11-14H2,(H,22,25). The number of hydrogen-bond donors (Lipinski definition) is 1. The van der Waals surface area contributed by atoms with Crippen molar-refractivity contribution in [2.24, 2.45) is 0 Å². The van der Waals surface area contributed by atoms with Gasteiger partial charge in [-0.25, -0.2) is 0 Å². The third kappa shape index (κ3) is 3.85. The summed E-state index contributed by atoms with van der Waals surface area (Å²) >= 11 is 0. The van der Waals surface area contributed by atoms with E-state index in [4.69, 9.17) is 4.74 Å². The molecule has 136 valence electrons. The minimum Gasteiger partial charge on any atom is -0.373 e. The molecular weight excluding hydrogens is 328 g/mol. The first kappa shape index (κ1) is 17.0. The van der Waals surface area contributed by atoms with Crippen LogP contribution in [0.2, 0.25) is 0 Å². The van der Waals surface area contributed by atoms with Gasteiger partial charge < -0.3 is 15.0 Å². The summed E-state index contributed by atoms with van der Waals surface area (Å²) in [7, 11) is 0. The number of amides is 1. The molecule has 0 aliphatic carbocycles. The molecule has 6 heteroatoms. The molecule has 0 bridgehead atoms. The molecule has 1 aromatic carbocycles. The van der Waals surface area contributed by atoms with E-state index >= 15 is 0 Å². The van der Waals surface area contributed by atoms with E-state index in [0.29, 0.717) is 13.0 Å². The van der Waals surface area contributed by atoms with Gasteiger partial charge in [-0.1, -0.05) is 24.3 Å². The van der Waals surface area contributed by atoms with Gasteiger partial charge in [0.1, 0.15) is 0 Å². The molecule has 1 N–H and O–H groups in total. The Morgan fingerprint density at radius 2 is 2.19 bits per heavy atom. The first-order valence-electron chi connectivity index (χ1n) is 9.31. The van der Waals surface area contributed by atoms with Crippen molar-refractivity contribution in [1.82, 2.24) is 15.5 Å². The number of nitrogens with zero attached hydrogens (tertiary/aromatic N) is 3. The highest BCUT2D eigenvalue weighted by atomic mass is 16.5. The first-order valence-corrected chi connectivity index (χ1v) is 9.31. The fraction of sp³-hybridized carbons (Fsp3) is 0.450. The van der Waals surface area contributed by atoms with Crippen molar-refractivity contribution in [3.63, 3.8) is 0 Å². The number of piperidine rings is 1. The minimum absolute atomic E-state index is 0.0534. The zero-order valence-electron chi connectivity index (χ0n) is 14.8. The number of carbonyl (C=O) groups is 1. The molecule has 1 saturated heterocycles. The number of benzene rings is 1. The van der Waals surface area contributed by atoms with Crippen LogP contribution in [0, 0.1) is 0 Å². The van der Waals surface area contributed by atoms with Crippen LogP contribution < -0.4 is 10.2 Å². The molecule has 2 unspecified atom stereocenters. The number of rotatable bonds is 4. The highest BCUT2D eigenvalue weighted by Gasteiger charge is 2.26. The number of anilines is 1. The third-order valence-electron chi connectivity index (χ3n) is 5.13. The van der Waals surface area contributed by atoms with Crippen LogP contribution in [0.5, 0.6) is 0 Å². The summed E-state index contributed by atoms with van der Waals surface area (Å²) in [6.07, 6.45) is 4.85. The van der Waals surface area contributed by atoms with E-state index in [0.717, 1.165) is 43.7 Å². The molecule has 6 nitrogen and oxygen atoms in total. The number of ether oxygens (including phenoxy) is 1. The van der Waals surface area contributed by atoms with Crippen LogP contribution in [0.3, 0.4) is 0 Å². The second-order valence-corrected chi connectivity index (χ2v) is 6.95. The Hall–Kier alpha value is -2.47. The normalized spacial score (nSPS) is 22.5. The number of aromatic nitrogens is 2. The van der Waals surface area contributed by atoms with Crippen LogP contribution >= 0.6 is 0 Å². The predicted octanol–water partition coefficient (Wildman–Crippen LogP) is 2.27. The van der Waals surface area contributed by atoms with Crippen molar-refractivity contribution in [2.45, 2.75) is 37.8 Å². The summed E-state index contributed by atoms with van der Waals surface area (Å²) in [4.78, 5) is 14.8. The fourth-order valence-corrected chi connectivity index (χ4v) is 3.87. The van der Waals surface area contributed by atoms with Crippen molar-refractivity contribution >= 4 is 11.7 Å². The minimum atomic E-state index is -0.139. The van der Waals surface area contributed by atoms with Crippen LogP contribution in [0.1, 0.15) is 36.5 Å². The molecule has 26 heavy (non-hydrogen) atoms. The molecule has 0 saturated carbocycles. The van der Waals surface area contributed by atoms with Gasteiger partial charge in [-0.3, -0.25) is 4.79 Å². The van der Waals surface area contributed by atoms with Gasteiger partial charge in [0.25, 0.3) is 0 Å². The van der Waals surface area contributed by atoms with E-state index in [2.05, 4.69) is 32.5 Å². The van der Waals surface area contributed by atoms with E-state index in [9.17, 15) is 4.79 Å². The van der Waals surface area contributed by atoms with Crippen LogP contribution in [0.15, 0.2) is 42.6 Å². The van der Waals surface area contributed by atoms with Gasteiger partial charge in [0.2, 0.25) is 5.91 Å². The van der Waals surface area contributed by atoms with Gasteiger partial charge >= 0.3 is 0 Å². The summed E-state index contributed by atoms with van der Waals surface area (Å²) < 4.78 is 5.87. The van der Waals surface area contributed by atoms with E-state index in [-0.39, 0.29) is 18.1 Å². The number of carbonyl (C=O) groups excluding carboxylic acids is 1. The zero-order valence-corrected chi connectivity index (χ0v) is 14.8. The molecule has 2 atom stereocenters. The summed E-state index contributed by atoms with van der Waals surface area (Å²) in [5.74, 6) is 0.925. The summed E-state index contributed by atoms with van der Waals surface area (Å²) in [5.41, 5.74) is 2.45. The van der Waals surface area contributed by atoms with Crippen molar-refractivity contribution in [3.8, 4) is 0 Å². The third-order valence-corrected chi connectivity index (χ3v) is 5.13. The Labute approximate surface area is 153 Å². The van der Waals surface area contributed by atoms with Crippen LogP contribution in [0.4, 0.5) is 5.82 Å². The van der Waals surface area contributed by atoms with E-state index in [1.54, 1.807) is 6.20 Å². The molecule has 2 aliphatic rings. The van der Waals surface area contributed by atoms with Crippen molar-refractivity contribution in [3.05, 3.63) is 53.7 Å². The SMILES string of the molecule is O=C(CC1OCCc2ccccc21)NC1CCCN(c2cccnn2)C1. The second kappa shape index (κ2) is 7.83. The highest BCUT2D eigenvalue weighted by Crippen LogP contribution is 2.29. The Balaban J connectivity index is 1.35. The van der Waals surface area contributed by atoms with E-state index in [1.807, 2.05) is 24.3 Å². The molecule has 1 aromatic heterocycles. The average Bonchev–Trinajstić information content (AvgIpc) is 2.69. The molecular formula is C20H24N4O2. The second-order valence-electron chi connectivity index (χ2n) is 6.95. The molecule has 4 rings (SSSR count). The van der Waals surface area contributed by atoms with Crippen molar-refractivity contribution in [1.29, 1.82) is 0 Å². The highest BCUT2D eigenvalue weighted by molar-refractivity contribution is 5.77. The molecule has 2 aromatic rings. The average molecular weight is 352 g/mol. The van der Waals surface area contributed by atoms with Crippen LogP contribution in [-0.4, -0.2) is 41.8 Å². The lowest BCUT2D eigenvalue weighted by Gasteiger charge is -2.34. The lowest BCUT2D eigenvalue weighted by Crippen LogP contribution is -2.48. The molecule has 1 fully saturated rings. The maximum Gasteiger partial charge on any atom is 0.223 e. The lowest BCUT2D eigenvalue weighted by molar-refractivity contribution is -0.125. The Bertz CT molecular complexity index is 752. The van der Waals surface area contributed by atoms with Crippen molar-refractivity contribution < 1.29 is 9.53 Å². The maximum absolute atomic E-state index is 12.6. The fourth-order valence-electron chi connectivity index (χ4n) is 3.87. The van der Waals surface area contributed by atoms with Gasteiger partial charge in [-0.15, -0.1) is 5.10 Å². The molecule has 1 amide bonds. The quantitative estimate of drug-likeness (QED) is 0.914. The smallest absolute Gasteiger partial charge is 0.223 e.